The molecule has 59 heavy (non-hydrogen) atoms. The van der Waals surface area contributed by atoms with Crippen molar-refractivity contribution in [2.45, 2.75) is 171 Å². The van der Waals surface area contributed by atoms with Gasteiger partial charge in [0.25, 0.3) is 0 Å². The van der Waals surface area contributed by atoms with E-state index in [2.05, 4.69) is 209 Å². The number of halogens is 3. The smallest absolute Gasteiger partial charge is 1.00 e. The first kappa shape index (κ1) is 59.2. The monoisotopic (exact) mass is 1010 g/mol. The van der Waals surface area contributed by atoms with Gasteiger partial charge in [0.15, 0.2) is 0 Å². The minimum Gasteiger partial charge on any atom is -1.00 e. The topological polar surface area (TPSA) is 0 Å². The maximum atomic E-state index is 4.42. The van der Waals surface area contributed by atoms with Gasteiger partial charge >= 0.3 is 21.7 Å². The number of rotatable bonds is 10. The van der Waals surface area contributed by atoms with Gasteiger partial charge in [-0.25, -0.2) is 5.57 Å². The van der Waals surface area contributed by atoms with Gasteiger partial charge < -0.3 is 37.2 Å². The minimum atomic E-state index is -3.05. The zero-order chi connectivity index (χ0) is 42.6. The molecule has 326 valence electrons. The number of benzene rings is 3. The summed E-state index contributed by atoms with van der Waals surface area (Å²) in [5, 5.41) is 15.0. The van der Waals surface area contributed by atoms with Crippen molar-refractivity contribution in [3.05, 3.63) is 75.9 Å². The first-order chi connectivity index (χ1) is 24.5. The average molecular weight is 1010 g/mol. The van der Waals surface area contributed by atoms with E-state index in [9.17, 15) is 0 Å². The quantitative estimate of drug-likeness (QED) is 0.155. The van der Waals surface area contributed by atoms with Crippen LogP contribution >= 0.6 is 0 Å². The predicted molar refractivity (Wildman–Crippen MR) is 275 cm³/mol. The van der Waals surface area contributed by atoms with E-state index in [0.717, 1.165) is 0 Å². The molecule has 3 aromatic rings. The van der Waals surface area contributed by atoms with Crippen molar-refractivity contribution in [2.24, 2.45) is 0 Å². The fourth-order valence-corrected chi connectivity index (χ4v) is 35.8. The van der Waals surface area contributed by atoms with Gasteiger partial charge in [-0.05, 0) is 36.3 Å². The van der Waals surface area contributed by atoms with Gasteiger partial charge in [-0.15, -0.1) is 6.92 Å². The zero-order valence-electron chi connectivity index (χ0n) is 42.1. The van der Waals surface area contributed by atoms with E-state index in [1.165, 1.54) is 16.7 Å². The Morgan fingerprint density at radius 1 is 0.373 bits per heavy atom. The van der Waals surface area contributed by atoms with Gasteiger partial charge in [-0.1, -0.05) is 228 Å². The van der Waals surface area contributed by atoms with Crippen LogP contribution in [-0.2, 0) is 21.7 Å². The van der Waals surface area contributed by atoms with E-state index in [0.29, 0.717) is 0 Å². The van der Waals surface area contributed by atoms with E-state index >= 15 is 0 Å². The molecule has 0 heterocycles. The molecule has 0 spiro atoms. The number of allylic oxidation sites excluding steroid dienone is 4. The Morgan fingerprint density at radius 3 is 0.763 bits per heavy atom. The van der Waals surface area contributed by atoms with Crippen LogP contribution in [0.4, 0.5) is 0 Å². The molecule has 1 atom stereocenters. The summed E-state index contributed by atoms with van der Waals surface area (Å²) in [6, 6.07) is 16.1. The van der Waals surface area contributed by atoms with Crippen molar-refractivity contribution in [1.82, 2.24) is 0 Å². The Kier molecular flexibility index (Phi) is 19.1. The third-order valence-electron chi connectivity index (χ3n) is 13.3. The largest absolute Gasteiger partial charge is 4.00 e. The SMILES string of the molecule is CC1=[C-]C(C)([Si](c2ccc([Si](C)(C)C)c([Si](C)(C)C)c2C)(c2ccc([Si](C)(C)C)c([Si](C)(C)C)c2C)c2ccc([Si](C)(C)C)c([Si](C)(C)C)c2C)C(C)=C1C.[Cl-].[Cl-].[Cl-].[Ti+4]. The Morgan fingerprint density at radius 2 is 0.593 bits per heavy atom. The molecule has 0 aliphatic heterocycles. The third-order valence-corrected chi connectivity index (χ3v) is 32.7. The van der Waals surface area contributed by atoms with Crippen LogP contribution in [0.3, 0.4) is 0 Å². The molecular formula is C48H81Cl3Si7Ti. The molecule has 0 saturated heterocycles. The Bertz CT molecular complexity index is 1900. The fraction of sp³-hybridized carbons (Fsp3) is 0.542. The van der Waals surface area contributed by atoms with Crippen LogP contribution in [0.15, 0.2) is 53.1 Å². The molecule has 4 rings (SSSR count). The molecule has 0 aromatic heterocycles. The molecule has 0 radical (unpaired) electrons. The average Bonchev–Trinajstić information content (AvgIpc) is 3.18. The van der Waals surface area contributed by atoms with Crippen molar-refractivity contribution in [1.29, 1.82) is 0 Å². The minimum absolute atomic E-state index is 0. The summed E-state index contributed by atoms with van der Waals surface area (Å²) in [4.78, 5) is 0. The molecule has 0 N–H and O–H groups in total. The first-order valence-electron chi connectivity index (χ1n) is 21.2. The molecule has 11 heteroatoms. The van der Waals surface area contributed by atoms with Crippen molar-refractivity contribution in [3.63, 3.8) is 0 Å². The molecule has 0 saturated carbocycles. The van der Waals surface area contributed by atoms with Gasteiger partial charge in [0.2, 0.25) is 0 Å². The molecule has 1 unspecified atom stereocenters. The second kappa shape index (κ2) is 19.0. The molecule has 0 bridgehead atoms. The normalized spacial score (nSPS) is 16.8. The predicted octanol–water partition coefficient (Wildman–Crippen LogP) is 0.223. The van der Waals surface area contributed by atoms with E-state index in [-0.39, 0.29) is 64.0 Å². The van der Waals surface area contributed by atoms with Crippen molar-refractivity contribution in [2.75, 3.05) is 0 Å². The van der Waals surface area contributed by atoms with Crippen LogP contribution in [0.5, 0.6) is 0 Å². The van der Waals surface area contributed by atoms with E-state index < -0.39 is 56.5 Å². The van der Waals surface area contributed by atoms with Crippen LogP contribution < -0.4 is 83.9 Å². The van der Waals surface area contributed by atoms with Crippen LogP contribution in [0.1, 0.15) is 44.4 Å². The standard InChI is InChI=1S/C48H81Si7.3ClH.Ti/c1-33-32-48(7,38(6)34(33)2)55(39-26-29-42(49(8,9)10)45(35(39)3)52(17,18)19,40-27-30-43(50(11,12)13)46(36(40)4)53(20,21)22)41-28-31-44(51(14,15)16)47(37(41)5)54(23,24)25;;;;/h26-31H,1-25H3;3*1H;/q-1;;;;+4/p-3. The molecule has 0 fully saturated rings. The summed E-state index contributed by atoms with van der Waals surface area (Å²) in [5.41, 5.74) is 9.15. The summed E-state index contributed by atoms with van der Waals surface area (Å²) >= 11 is 0. The molecule has 3 aromatic carbocycles. The first-order valence-corrected chi connectivity index (χ1v) is 44.2. The van der Waals surface area contributed by atoms with E-state index in [1.54, 1.807) is 63.4 Å². The third kappa shape index (κ3) is 10.4. The number of hydrogen-bond donors (Lipinski definition) is 0. The van der Waals surface area contributed by atoms with Gasteiger partial charge in [-0.2, -0.15) is 11.1 Å². The summed E-state index contributed by atoms with van der Waals surface area (Å²) in [7, 11) is -13.4. The fourth-order valence-electron chi connectivity index (χ4n) is 11.0. The molecule has 1 aliphatic carbocycles. The van der Waals surface area contributed by atoms with Crippen LogP contribution in [-0.4, -0.2) is 56.5 Å². The molecule has 1 aliphatic rings. The summed E-state index contributed by atoms with van der Waals surface area (Å²) in [6.45, 7) is 64.3. The molecular weight excluding hydrogens is 927 g/mol. The Hall–Kier alpha value is 0.242. The Balaban J connectivity index is 0.00000841. The van der Waals surface area contributed by atoms with Gasteiger partial charge in [0, 0.05) is 0 Å². The molecule has 0 nitrogen and oxygen atoms in total. The van der Waals surface area contributed by atoms with Gasteiger partial charge in [0.1, 0.15) is 8.07 Å². The van der Waals surface area contributed by atoms with Crippen molar-refractivity contribution < 1.29 is 58.9 Å². The summed E-state index contributed by atoms with van der Waals surface area (Å²) in [6.07, 6.45) is 4.42. The van der Waals surface area contributed by atoms with Crippen LogP contribution in [0, 0.1) is 26.8 Å². The van der Waals surface area contributed by atoms with Crippen molar-refractivity contribution in [3.8, 4) is 0 Å². The summed E-state index contributed by atoms with van der Waals surface area (Å²) < 4.78 is 0. The number of hydrogen-bond acceptors (Lipinski definition) is 0. The van der Waals surface area contributed by atoms with Crippen molar-refractivity contribution >= 4 is 103 Å². The van der Waals surface area contributed by atoms with E-state index in [1.807, 2.05) is 0 Å². The summed E-state index contributed by atoms with van der Waals surface area (Å²) in [5.74, 6) is 0. The zero-order valence-corrected chi connectivity index (χ0v) is 52.9. The second-order valence-electron chi connectivity index (χ2n) is 23.9. The molecule has 0 amide bonds. The van der Waals surface area contributed by atoms with Crippen LogP contribution in [0.2, 0.25) is 123 Å². The maximum absolute atomic E-state index is 4.42. The van der Waals surface area contributed by atoms with Gasteiger partial charge in [0.05, 0.1) is 48.4 Å². The van der Waals surface area contributed by atoms with Gasteiger partial charge in [-0.3, -0.25) is 6.08 Å². The Labute approximate surface area is 405 Å². The maximum Gasteiger partial charge on any atom is 4.00 e. The van der Waals surface area contributed by atoms with E-state index in [4.69, 9.17) is 0 Å². The second-order valence-corrected chi connectivity index (χ2v) is 58.1. The van der Waals surface area contributed by atoms with Crippen LogP contribution in [0.25, 0.3) is 0 Å².